The van der Waals surface area contributed by atoms with E-state index in [4.69, 9.17) is 28.9 Å². The van der Waals surface area contributed by atoms with Gasteiger partial charge in [0.15, 0.2) is 0 Å². The highest BCUT2D eigenvalue weighted by molar-refractivity contribution is 6.35. The molecule has 0 saturated heterocycles. The van der Waals surface area contributed by atoms with Gasteiger partial charge in [-0.25, -0.2) is 0 Å². The zero-order chi connectivity index (χ0) is 15.6. The van der Waals surface area contributed by atoms with Crippen molar-refractivity contribution in [1.82, 2.24) is 9.88 Å². The summed E-state index contributed by atoms with van der Waals surface area (Å²) < 4.78 is 0. The molecule has 0 unspecified atom stereocenters. The van der Waals surface area contributed by atoms with Crippen LogP contribution >= 0.6 is 23.2 Å². The van der Waals surface area contributed by atoms with Crippen molar-refractivity contribution in [1.29, 1.82) is 0 Å². The van der Waals surface area contributed by atoms with Crippen molar-refractivity contribution in [3.05, 3.63) is 57.3 Å². The molecule has 0 radical (unpaired) electrons. The molecule has 1 heterocycles. The average molecular weight is 324 g/mol. The molecule has 2 rings (SSSR count). The monoisotopic (exact) mass is 323 g/mol. The molecule has 0 bridgehead atoms. The van der Waals surface area contributed by atoms with Crippen molar-refractivity contribution in [3.8, 4) is 0 Å². The van der Waals surface area contributed by atoms with Crippen LogP contribution in [0.3, 0.4) is 0 Å². The van der Waals surface area contributed by atoms with Crippen molar-refractivity contribution in [3.63, 3.8) is 0 Å². The number of carbonyl (C=O) groups excluding carboxylic acids is 1. The number of nitrogens with zero attached hydrogens (tertiary/aromatic N) is 2. The summed E-state index contributed by atoms with van der Waals surface area (Å²) in [5.41, 5.74) is 8.11. The number of aryl methyl sites for hydroxylation is 1. The van der Waals surface area contributed by atoms with E-state index in [0.717, 1.165) is 5.56 Å². The summed E-state index contributed by atoms with van der Waals surface area (Å²) in [5.74, 6) is -0.154. The fourth-order valence-corrected chi connectivity index (χ4v) is 2.42. The minimum Gasteiger partial charge on any atom is -0.397 e. The van der Waals surface area contributed by atoms with Gasteiger partial charge in [0.05, 0.1) is 23.1 Å². The lowest BCUT2D eigenvalue weighted by Gasteiger charge is -2.19. The minimum atomic E-state index is -0.154. The van der Waals surface area contributed by atoms with E-state index in [9.17, 15) is 4.79 Å². The van der Waals surface area contributed by atoms with Crippen LogP contribution in [0.15, 0.2) is 30.5 Å². The van der Waals surface area contributed by atoms with E-state index in [2.05, 4.69) is 4.98 Å². The number of amides is 1. The Kier molecular flexibility index (Phi) is 4.70. The van der Waals surface area contributed by atoms with Gasteiger partial charge in [-0.3, -0.25) is 9.78 Å². The van der Waals surface area contributed by atoms with Gasteiger partial charge in [-0.15, -0.1) is 0 Å². The van der Waals surface area contributed by atoms with Crippen molar-refractivity contribution in [2.24, 2.45) is 0 Å². The van der Waals surface area contributed by atoms with Gasteiger partial charge in [-0.2, -0.15) is 0 Å². The third kappa shape index (κ3) is 3.65. The highest BCUT2D eigenvalue weighted by Gasteiger charge is 2.16. The SMILES string of the molecule is Cc1ncc(N)cc1C(=O)N(C)Cc1ccc(Cl)cc1Cl. The predicted octanol–water partition coefficient (Wildman–Crippen LogP) is 3.55. The van der Waals surface area contributed by atoms with Gasteiger partial charge in [0.1, 0.15) is 0 Å². The minimum absolute atomic E-state index is 0.154. The van der Waals surface area contributed by atoms with Crippen LogP contribution in [0.4, 0.5) is 5.69 Å². The van der Waals surface area contributed by atoms with Gasteiger partial charge >= 0.3 is 0 Å². The molecule has 21 heavy (non-hydrogen) atoms. The molecule has 2 N–H and O–H groups in total. The van der Waals surface area contributed by atoms with Crippen molar-refractivity contribution < 1.29 is 4.79 Å². The maximum absolute atomic E-state index is 12.5. The van der Waals surface area contributed by atoms with Crippen LogP contribution in [0, 0.1) is 6.92 Å². The van der Waals surface area contributed by atoms with Gasteiger partial charge in [-0.1, -0.05) is 29.3 Å². The van der Waals surface area contributed by atoms with Crippen LogP contribution in [0.2, 0.25) is 10.0 Å². The average Bonchev–Trinajstić information content (AvgIpc) is 2.43. The summed E-state index contributed by atoms with van der Waals surface area (Å²) in [7, 11) is 1.70. The van der Waals surface area contributed by atoms with Crippen molar-refractivity contribution in [2.45, 2.75) is 13.5 Å². The fraction of sp³-hybridized carbons (Fsp3) is 0.200. The number of nitrogens with two attached hydrogens (primary N) is 1. The van der Waals surface area contributed by atoms with Gasteiger partial charge in [-0.05, 0) is 30.7 Å². The topological polar surface area (TPSA) is 59.2 Å². The predicted molar refractivity (Wildman–Crippen MR) is 85.6 cm³/mol. The van der Waals surface area contributed by atoms with Crippen molar-refractivity contribution >= 4 is 34.8 Å². The number of carbonyl (C=O) groups is 1. The summed E-state index contributed by atoms with van der Waals surface area (Å²) in [4.78, 5) is 18.1. The van der Waals surface area contributed by atoms with Crippen LogP contribution in [-0.4, -0.2) is 22.8 Å². The first-order chi connectivity index (χ1) is 9.88. The molecular weight excluding hydrogens is 309 g/mol. The Bertz CT molecular complexity index is 689. The zero-order valence-corrected chi connectivity index (χ0v) is 13.2. The maximum atomic E-state index is 12.5. The summed E-state index contributed by atoms with van der Waals surface area (Å²) in [6.07, 6.45) is 1.53. The van der Waals surface area contributed by atoms with Crippen molar-refractivity contribution in [2.75, 3.05) is 12.8 Å². The largest absolute Gasteiger partial charge is 0.397 e. The number of pyridine rings is 1. The summed E-state index contributed by atoms with van der Waals surface area (Å²) in [6, 6.07) is 6.84. The molecule has 0 atom stereocenters. The molecule has 6 heteroatoms. The van der Waals surface area contributed by atoms with E-state index >= 15 is 0 Å². The second-order valence-corrected chi connectivity index (χ2v) is 5.64. The van der Waals surface area contributed by atoms with Crippen LogP contribution in [0.25, 0.3) is 0 Å². The maximum Gasteiger partial charge on any atom is 0.255 e. The van der Waals surface area contributed by atoms with E-state index in [1.165, 1.54) is 6.20 Å². The molecule has 2 aromatic rings. The molecule has 1 aromatic heterocycles. The third-order valence-corrected chi connectivity index (χ3v) is 3.69. The first-order valence-electron chi connectivity index (χ1n) is 6.30. The number of hydrogen-bond donors (Lipinski definition) is 1. The van der Waals surface area contributed by atoms with Gasteiger partial charge in [0.2, 0.25) is 0 Å². The normalized spacial score (nSPS) is 10.5. The van der Waals surface area contributed by atoms with Crippen LogP contribution in [0.5, 0.6) is 0 Å². The van der Waals surface area contributed by atoms with Crippen LogP contribution in [-0.2, 0) is 6.54 Å². The Balaban J connectivity index is 2.21. The molecule has 0 fully saturated rings. The molecule has 0 spiro atoms. The lowest BCUT2D eigenvalue weighted by Crippen LogP contribution is -2.27. The number of benzene rings is 1. The van der Waals surface area contributed by atoms with Gasteiger partial charge < -0.3 is 10.6 Å². The highest BCUT2D eigenvalue weighted by Crippen LogP contribution is 2.22. The Morgan fingerprint density at radius 1 is 1.33 bits per heavy atom. The summed E-state index contributed by atoms with van der Waals surface area (Å²) in [5, 5.41) is 1.10. The third-order valence-electron chi connectivity index (χ3n) is 3.11. The number of halogens is 2. The highest BCUT2D eigenvalue weighted by atomic mass is 35.5. The first kappa shape index (κ1) is 15.6. The van der Waals surface area contributed by atoms with E-state index < -0.39 is 0 Å². The Morgan fingerprint density at radius 2 is 2.05 bits per heavy atom. The molecule has 1 aromatic carbocycles. The second kappa shape index (κ2) is 6.33. The van der Waals surface area contributed by atoms with Crippen LogP contribution < -0.4 is 5.73 Å². The molecule has 0 aliphatic rings. The number of rotatable bonds is 3. The lowest BCUT2D eigenvalue weighted by molar-refractivity contribution is 0.0784. The summed E-state index contributed by atoms with van der Waals surface area (Å²) >= 11 is 12.0. The Hall–Kier alpha value is -1.78. The molecule has 1 amide bonds. The van der Waals surface area contributed by atoms with E-state index in [0.29, 0.717) is 33.5 Å². The van der Waals surface area contributed by atoms with Crippen LogP contribution in [0.1, 0.15) is 21.6 Å². The molecular formula is C15H15Cl2N3O. The standard InChI is InChI=1S/C15H15Cl2N3O/c1-9-13(6-12(18)7-19-9)15(21)20(2)8-10-3-4-11(16)5-14(10)17/h3-7H,8,18H2,1-2H3. The van der Waals surface area contributed by atoms with Gasteiger partial charge in [0.25, 0.3) is 5.91 Å². The smallest absolute Gasteiger partial charge is 0.255 e. The fourth-order valence-electron chi connectivity index (χ4n) is 1.95. The summed E-state index contributed by atoms with van der Waals surface area (Å²) in [6.45, 7) is 2.15. The quantitative estimate of drug-likeness (QED) is 0.939. The van der Waals surface area contributed by atoms with E-state index in [1.54, 1.807) is 43.1 Å². The Morgan fingerprint density at radius 3 is 2.71 bits per heavy atom. The van der Waals surface area contributed by atoms with Gasteiger partial charge in [0, 0.05) is 23.6 Å². The molecule has 0 aliphatic heterocycles. The molecule has 0 aliphatic carbocycles. The Labute approximate surface area is 133 Å². The lowest BCUT2D eigenvalue weighted by atomic mass is 10.1. The second-order valence-electron chi connectivity index (χ2n) is 4.80. The number of nitrogen functional groups attached to an aromatic ring is 1. The van der Waals surface area contributed by atoms with E-state index in [1.807, 2.05) is 0 Å². The molecule has 110 valence electrons. The number of anilines is 1. The number of aromatic nitrogens is 1. The van der Waals surface area contributed by atoms with E-state index in [-0.39, 0.29) is 5.91 Å². The molecule has 0 saturated carbocycles. The number of hydrogen-bond acceptors (Lipinski definition) is 3. The first-order valence-corrected chi connectivity index (χ1v) is 7.05. The molecule has 4 nitrogen and oxygen atoms in total. The zero-order valence-electron chi connectivity index (χ0n) is 11.7.